The predicted molar refractivity (Wildman–Crippen MR) is 98.6 cm³/mol. The third-order valence-corrected chi connectivity index (χ3v) is 4.98. The summed E-state index contributed by atoms with van der Waals surface area (Å²) in [7, 11) is 4.31. The Labute approximate surface area is 140 Å². The van der Waals surface area contributed by atoms with Crippen molar-refractivity contribution in [3.8, 4) is 0 Å². The lowest BCUT2D eigenvalue weighted by atomic mass is 10.0. The van der Waals surface area contributed by atoms with Gasteiger partial charge in [-0.2, -0.15) is 0 Å². The fourth-order valence-corrected chi connectivity index (χ4v) is 3.52. The molecule has 0 spiro atoms. The molecular weight excluding hydrogens is 268 g/mol. The average molecular weight is 310 g/mol. The highest BCUT2D eigenvalue weighted by atomic mass is 15.1. The van der Waals surface area contributed by atoms with Crippen molar-refractivity contribution in [2.75, 3.05) is 27.2 Å². The summed E-state index contributed by atoms with van der Waals surface area (Å²) in [5.74, 6) is 0. The molecule has 1 saturated carbocycles. The maximum atomic E-state index is 5.02. The Balaban J connectivity index is 2.20. The summed E-state index contributed by atoms with van der Waals surface area (Å²) >= 11 is 0. The van der Waals surface area contributed by atoms with E-state index >= 15 is 0 Å². The van der Waals surface area contributed by atoms with Crippen molar-refractivity contribution in [2.24, 2.45) is 0 Å². The van der Waals surface area contributed by atoms with Crippen LogP contribution >= 0.6 is 0 Å². The van der Waals surface area contributed by atoms with Gasteiger partial charge in [-0.1, -0.05) is 77.0 Å². The second kappa shape index (κ2) is 14.5. The summed E-state index contributed by atoms with van der Waals surface area (Å²) in [6.45, 7) is 2.25. The monoisotopic (exact) mass is 309 g/mol. The van der Waals surface area contributed by atoms with Gasteiger partial charge in [0.15, 0.2) is 0 Å². The van der Waals surface area contributed by atoms with Gasteiger partial charge in [-0.05, 0) is 39.9 Å². The number of rotatable bonds is 5. The molecule has 0 aliphatic heterocycles. The summed E-state index contributed by atoms with van der Waals surface area (Å²) in [6, 6.07) is 0.660. The van der Waals surface area contributed by atoms with Crippen LogP contribution in [0, 0.1) is 0 Å². The SMILES string of the molecule is CN(C)CCC[N]C1CCCCCCCCCCCCCC1. The zero-order chi connectivity index (χ0) is 15.9. The quantitative estimate of drug-likeness (QED) is 0.623. The largest absolute Gasteiger partial charge is 0.309 e. The van der Waals surface area contributed by atoms with E-state index in [1.54, 1.807) is 0 Å². The molecule has 0 N–H and O–H groups in total. The molecule has 0 aromatic rings. The van der Waals surface area contributed by atoms with Crippen LogP contribution < -0.4 is 5.32 Å². The van der Waals surface area contributed by atoms with Crippen LogP contribution in [0.2, 0.25) is 0 Å². The Hall–Kier alpha value is -0.0800. The van der Waals surface area contributed by atoms with Gasteiger partial charge in [-0.3, -0.25) is 0 Å². The van der Waals surface area contributed by atoms with Crippen molar-refractivity contribution in [2.45, 2.75) is 102 Å². The van der Waals surface area contributed by atoms with Gasteiger partial charge in [0.25, 0.3) is 0 Å². The zero-order valence-corrected chi connectivity index (χ0v) is 15.5. The third kappa shape index (κ3) is 12.5. The number of nitrogens with zero attached hydrogens (tertiary/aromatic N) is 2. The van der Waals surface area contributed by atoms with Crippen LogP contribution in [0.1, 0.15) is 96.3 Å². The predicted octanol–water partition coefficient (Wildman–Crippen LogP) is 5.39. The maximum absolute atomic E-state index is 5.02. The molecule has 1 rings (SSSR count). The van der Waals surface area contributed by atoms with Crippen molar-refractivity contribution in [3.63, 3.8) is 0 Å². The minimum absolute atomic E-state index is 0.660. The van der Waals surface area contributed by atoms with Crippen molar-refractivity contribution in [1.29, 1.82) is 0 Å². The maximum Gasteiger partial charge on any atom is 0.0246 e. The van der Waals surface area contributed by atoms with Crippen LogP contribution in [-0.2, 0) is 0 Å². The Kier molecular flexibility index (Phi) is 13.2. The van der Waals surface area contributed by atoms with Gasteiger partial charge >= 0.3 is 0 Å². The van der Waals surface area contributed by atoms with Gasteiger partial charge in [0.2, 0.25) is 0 Å². The third-order valence-electron chi connectivity index (χ3n) is 4.98. The second-order valence-corrected chi connectivity index (χ2v) is 7.54. The van der Waals surface area contributed by atoms with E-state index in [4.69, 9.17) is 5.32 Å². The van der Waals surface area contributed by atoms with Crippen molar-refractivity contribution in [1.82, 2.24) is 10.2 Å². The summed E-state index contributed by atoms with van der Waals surface area (Å²) < 4.78 is 0. The fourth-order valence-electron chi connectivity index (χ4n) is 3.52. The first kappa shape index (κ1) is 20.0. The van der Waals surface area contributed by atoms with E-state index in [1.807, 2.05) is 0 Å². The highest BCUT2D eigenvalue weighted by molar-refractivity contribution is 4.68. The van der Waals surface area contributed by atoms with E-state index in [0.29, 0.717) is 6.04 Å². The lowest BCUT2D eigenvalue weighted by Crippen LogP contribution is -2.25. The van der Waals surface area contributed by atoms with Crippen LogP contribution in [0.5, 0.6) is 0 Å². The summed E-state index contributed by atoms with van der Waals surface area (Å²) in [5.41, 5.74) is 0. The number of hydrogen-bond acceptors (Lipinski definition) is 1. The van der Waals surface area contributed by atoms with Gasteiger partial charge in [0.1, 0.15) is 0 Å². The van der Waals surface area contributed by atoms with Crippen LogP contribution in [0.4, 0.5) is 0 Å². The highest BCUT2D eigenvalue weighted by Crippen LogP contribution is 2.17. The van der Waals surface area contributed by atoms with Gasteiger partial charge in [-0.15, -0.1) is 0 Å². The van der Waals surface area contributed by atoms with E-state index in [2.05, 4.69) is 19.0 Å². The molecule has 0 unspecified atom stereocenters. The standard InChI is InChI=1S/C20H41N2/c1-22(2)19-15-18-21-20-16-13-11-9-7-5-3-4-6-8-10-12-14-17-20/h20H,3-19H2,1-2H3. The molecule has 131 valence electrons. The second-order valence-electron chi connectivity index (χ2n) is 7.54. The van der Waals surface area contributed by atoms with Crippen molar-refractivity contribution < 1.29 is 0 Å². The molecule has 0 heterocycles. The smallest absolute Gasteiger partial charge is 0.0246 e. The Morgan fingerprint density at radius 1 is 0.682 bits per heavy atom. The van der Waals surface area contributed by atoms with Gasteiger partial charge in [0.05, 0.1) is 0 Å². The zero-order valence-electron chi connectivity index (χ0n) is 15.5. The lowest BCUT2D eigenvalue weighted by molar-refractivity contribution is 0.365. The molecule has 1 aliphatic carbocycles. The normalized spacial score (nSPS) is 21.4. The molecule has 0 bridgehead atoms. The van der Waals surface area contributed by atoms with Crippen molar-refractivity contribution >= 4 is 0 Å². The molecule has 0 saturated heterocycles. The topological polar surface area (TPSA) is 17.3 Å². The van der Waals surface area contributed by atoms with E-state index in [0.717, 1.165) is 6.54 Å². The minimum atomic E-state index is 0.660. The lowest BCUT2D eigenvalue weighted by Gasteiger charge is -2.18. The summed E-state index contributed by atoms with van der Waals surface area (Å²) in [4.78, 5) is 2.27. The van der Waals surface area contributed by atoms with E-state index in [-0.39, 0.29) is 0 Å². The van der Waals surface area contributed by atoms with Gasteiger partial charge in [0, 0.05) is 12.6 Å². The van der Waals surface area contributed by atoms with Crippen LogP contribution in [0.25, 0.3) is 0 Å². The van der Waals surface area contributed by atoms with Crippen molar-refractivity contribution in [3.05, 3.63) is 0 Å². The highest BCUT2D eigenvalue weighted by Gasteiger charge is 2.09. The molecule has 2 heteroatoms. The molecule has 1 radical (unpaired) electrons. The van der Waals surface area contributed by atoms with Gasteiger partial charge in [-0.25, -0.2) is 5.32 Å². The molecular formula is C20H41N2. The molecule has 0 aromatic carbocycles. The Morgan fingerprint density at radius 2 is 1.09 bits per heavy atom. The molecule has 22 heavy (non-hydrogen) atoms. The molecule has 1 fully saturated rings. The fraction of sp³-hybridized carbons (Fsp3) is 1.00. The first-order valence-corrected chi connectivity index (χ1v) is 10.1. The van der Waals surface area contributed by atoms with E-state index in [9.17, 15) is 0 Å². The number of hydrogen-bond donors (Lipinski definition) is 0. The Bertz CT molecular complexity index is 212. The average Bonchev–Trinajstić information content (AvgIpc) is 2.50. The van der Waals surface area contributed by atoms with E-state index in [1.165, 1.54) is 103 Å². The van der Waals surface area contributed by atoms with Crippen LogP contribution in [-0.4, -0.2) is 38.1 Å². The molecule has 0 atom stereocenters. The minimum Gasteiger partial charge on any atom is -0.309 e. The molecule has 0 amide bonds. The Morgan fingerprint density at radius 3 is 1.50 bits per heavy atom. The summed E-state index contributed by atoms with van der Waals surface area (Å²) in [6.07, 6.45) is 21.3. The first-order valence-electron chi connectivity index (χ1n) is 10.1. The summed E-state index contributed by atoms with van der Waals surface area (Å²) in [5, 5.41) is 5.02. The van der Waals surface area contributed by atoms with E-state index < -0.39 is 0 Å². The molecule has 0 aromatic heterocycles. The first-order chi connectivity index (χ1) is 10.8. The van der Waals surface area contributed by atoms with Crippen LogP contribution in [0.15, 0.2) is 0 Å². The van der Waals surface area contributed by atoms with Crippen LogP contribution in [0.3, 0.4) is 0 Å². The van der Waals surface area contributed by atoms with Gasteiger partial charge < -0.3 is 4.90 Å². The molecule has 1 aliphatic rings. The molecule has 2 nitrogen and oxygen atoms in total.